The fourth-order valence-electron chi connectivity index (χ4n) is 1.62. The Kier molecular flexibility index (Phi) is 5.87. The van der Waals surface area contributed by atoms with Crippen molar-refractivity contribution < 1.29 is 14.3 Å². The van der Waals surface area contributed by atoms with E-state index in [9.17, 15) is 9.59 Å². The van der Waals surface area contributed by atoms with Crippen LogP contribution in [0.2, 0.25) is 0 Å². The lowest BCUT2D eigenvalue weighted by Gasteiger charge is -2.19. The molecule has 0 saturated carbocycles. The van der Waals surface area contributed by atoms with Crippen LogP contribution in [0.3, 0.4) is 0 Å². The normalized spacial score (nSPS) is 10.3. The van der Waals surface area contributed by atoms with Gasteiger partial charge in [-0.3, -0.25) is 14.5 Å². The molecule has 0 atom stereocenters. The number of hydrogen-bond acceptors (Lipinski definition) is 4. The lowest BCUT2D eigenvalue weighted by atomic mass is 10.2. The molecule has 98 valence electrons. The third-order valence-corrected chi connectivity index (χ3v) is 2.29. The molecule has 5 nitrogen and oxygen atoms in total. The molecule has 0 unspecified atom stereocenters. The maximum absolute atomic E-state index is 11.4. The van der Waals surface area contributed by atoms with E-state index in [1.807, 2.05) is 30.3 Å². The van der Waals surface area contributed by atoms with Gasteiger partial charge in [-0.05, 0) is 12.5 Å². The summed E-state index contributed by atoms with van der Waals surface area (Å²) in [5, 5.41) is 0. The number of primary amides is 1. The highest BCUT2D eigenvalue weighted by atomic mass is 16.5. The molecule has 18 heavy (non-hydrogen) atoms. The Morgan fingerprint density at radius 1 is 1.22 bits per heavy atom. The lowest BCUT2D eigenvalue weighted by Crippen LogP contribution is -2.37. The second-order valence-corrected chi connectivity index (χ2v) is 3.90. The van der Waals surface area contributed by atoms with E-state index in [1.54, 1.807) is 11.8 Å². The summed E-state index contributed by atoms with van der Waals surface area (Å²) in [5.74, 6) is -0.815. The average molecular weight is 250 g/mol. The summed E-state index contributed by atoms with van der Waals surface area (Å²) in [6, 6.07) is 9.58. The molecule has 0 aliphatic rings. The van der Waals surface area contributed by atoms with Gasteiger partial charge in [0.25, 0.3) is 0 Å². The zero-order valence-electron chi connectivity index (χ0n) is 10.5. The van der Waals surface area contributed by atoms with Crippen LogP contribution in [0.4, 0.5) is 0 Å². The van der Waals surface area contributed by atoms with Gasteiger partial charge in [0, 0.05) is 6.54 Å². The van der Waals surface area contributed by atoms with E-state index < -0.39 is 5.91 Å². The molecule has 1 aromatic carbocycles. The maximum Gasteiger partial charge on any atom is 0.320 e. The highest BCUT2D eigenvalue weighted by Crippen LogP contribution is 2.04. The van der Waals surface area contributed by atoms with Gasteiger partial charge in [0.15, 0.2) is 0 Å². The van der Waals surface area contributed by atoms with Crippen LogP contribution in [0, 0.1) is 0 Å². The zero-order chi connectivity index (χ0) is 13.4. The van der Waals surface area contributed by atoms with Crippen molar-refractivity contribution in [2.24, 2.45) is 5.73 Å². The van der Waals surface area contributed by atoms with Gasteiger partial charge in [-0.15, -0.1) is 0 Å². The van der Waals surface area contributed by atoms with Crippen molar-refractivity contribution in [1.29, 1.82) is 0 Å². The van der Waals surface area contributed by atoms with Gasteiger partial charge in [-0.1, -0.05) is 30.3 Å². The number of esters is 1. The molecule has 2 N–H and O–H groups in total. The van der Waals surface area contributed by atoms with Crippen molar-refractivity contribution in [3.8, 4) is 0 Å². The highest BCUT2D eigenvalue weighted by molar-refractivity contribution is 5.77. The van der Waals surface area contributed by atoms with Crippen LogP contribution in [0.15, 0.2) is 30.3 Å². The van der Waals surface area contributed by atoms with Crippen molar-refractivity contribution in [3.05, 3.63) is 35.9 Å². The molecule has 0 radical (unpaired) electrons. The molecule has 1 amide bonds. The smallest absolute Gasteiger partial charge is 0.320 e. The molecule has 0 spiro atoms. The fourth-order valence-corrected chi connectivity index (χ4v) is 1.62. The highest BCUT2D eigenvalue weighted by Gasteiger charge is 2.14. The number of nitrogens with two attached hydrogens (primary N) is 1. The minimum Gasteiger partial charge on any atom is -0.465 e. The number of hydrogen-bond donors (Lipinski definition) is 1. The number of amides is 1. The van der Waals surface area contributed by atoms with Crippen LogP contribution < -0.4 is 5.73 Å². The number of carbonyl (C=O) groups is 2. The largest absolute Gasteiger partial charge is 0.465 e. The van der Waals surface area contributed by atoms with Crippen LogP contribution >= 0.6 is 0 Å². The van der Waals surface area contributed by atoms with Crippen molar-refractivity contribution in [2.45, 2.75) is 13.5 Å². The Morgan fingerprint density at radius 2 is 1.89 bits per heavy atom. The van der Waals surface area contributed by atoms with Gasteiger partial charge in [-0.2, -0.15) is 0 Å². The predicted octanol–water partition coefficient (Wildman–Crippen LogP) is 0.537. The molecule has 0 fully saturated rings. The number of ether oxygens (including phenoxy) is 1. The summed E-state index contributed by atoms with van der Waals surface area (Å²) in [5.41, 5.74) is 6.18. The number of benzene rings is 1. The molecule has 1 rings (SSSR count). The molecule has 0 aliphatic heterocycles. The molecule has 0 aliphatic carbocycles. The van der Waals surface area contributed by atoms with E-state index in [1.165, 1.54) is 0 Å². The van der Waals surface area contributed by atoms with Gasteiger partial charge in [-0.25, -0.2) is 0 Å². The van der Waals surface area contributed by atoms with Crippen LogP contribution in [0.25, 0.3) is 0 Å². The summed E-state index contributed by atoms with van der Waals surface area (Å²) >= 11 is 0. The fraction of sp³-hybridized carbons (Fsp3) is 0.385. The van der Waals surface area contributed by atoms with Crippen molar-refractivity contribution in [1.82, 2.24) is 4.90 Å². The van der Waals surface area contributed by atoms with Crippen LogP contribution in [0.1, 0.15) is 12.5 Å². The SMILES string of the molecule is CCOC(=O)CN(CC(N)=O)Cc1ccccc1. The summed E-state index contributed by atoms with van der Waals surface area (Å²) in [6.45, 7) is 2.66. The average Bonchev–Trinajstić information content (AvgIpc) is 2.29. The first kappa shape index (κ1) is 14.2. The molecule has 0 bridgehead atoms. The first-order valence-corrected chi connectivity index (χ1v) is 5.82. The Labute approximate surface area is 107 Å². The lowest BCUT2D eigenvalue weighted by molar-refractivity contribution is -0.144. The van der Waals surface area contributed by atoms with Crippen molar-refractivity contribution in [2.75, 3.05) is 19.7 Å². The standard InChI is InChI=1S/C13H18N2O3/c1-2-18-13(17)10-15(9-12(14)16)8-11-6-4-3-5-7-11/h3-7H,2,8-10H2,1H3,(H2,14,16). The van der Waals surface area contributed by atoms with E-state index in [-0.39, 0.29) is 19.1 Å². The second kappa shape index (κ2) is 7.45. The van der Waals surface area contributed by atoms with Gasteiger partial charge in [0.1, 0.15) is 0 Å². The van der Waals surface area contributed by atoms with Crippen LogP contribution in [0.5, 0.6) is 0 Å². The Balaban J connectivity index is 2.60. The first-order chi connectivity index (χ1) is 8.61. The first-order valence-electron chi connectivity index (χ1n) is 5.82. The van der Waals surface area contributed by atoms with Crippen LogP contribution in [-0.2, 0) is 20.9 Å². The zero-order valence-corrected chi connectivity index (χ0v) is 10.5. The summed E-state index contributed by atoms with van der Waals surface area (Å²) in [7, 11) is 0. The summed E-state index contributed by atoms with van der Waals surface area (Å²) in [6.07, 6.45) is 0. The van der Waals surface area contributed by atoms with Gasteiger partial charge < -0.3 is 10.5 Å². The monoisotopic (exact) mass is 250 g/mol. The number of carbonyl (C=O) groups excluding carboxylic acids is 2. The maximum atomic E-state index is 11.4. The molecular weight excluding hydrogens is 232 g/mol. The Morgan fingerprint density at radius 3 is 2.44 bits per heavy atom. The van der Waals surface area contributed by atoms with E-state index in [2.05, 4.69) is 0 Å². The predicted molar refractivity (Wildman–Crippen MR) is 67.5 cm³/mol. The molecule has 5 heteroatoms. The molecule has 0 heterocycles. The van der Waals surface area contributed by atoms with Gasteiger partial charge >= 0.3 is 5.97 Å². The number of nitrogens with zero attached hydrogens (tertiary/aromatic N) is 1. The third-order valence-electron chi connectivity index (χ3n) is 2.29. The van der Waals surface area contributed by atoms with E-state index in [0.717, 1.165) is 5.56 Å². The summed E-state index contributed by atoms with van der Waals surface area (Å²) < 4.78 is 4.86. The van der Waals surface area contributed by atoms with E-state index >= 15 is 0 Å². The molecular formula is C13H18N2O3. The summed E-state index contributed by atoms with van der Waals surface area (Å²) in [4.78, 5) is 24.0. The van der Waals surface area contributed by atoms with Gasteiger partial charge in [0.2, 0.25) is 5.91 Å². The van der Waals surface area contributed by atoms with E-state index in [4.69, 9.17) is 10.5 Å². The number of rotatable bonds is 7. The minimum atomic E-state index is -0.463. The Bertz CT molecular complexity index is 392. The quantitative estimate of drug-likeness (QED) is 0.717. The minimum absolute atomic E-state index is 0.0354. The van der Waals surface area contributed by atoms with Gasteiger partial charge in [0.05, 0.1) is 19.7 Å². The van der Waals surface area contributed by atoms with E-state index in [0.29, 0.717) is 13.2 Å². The van der Waals surface area contributed by atoms with Crippen LogP contribution in [-0.4, -0.2) is 36.5 Å². The van der Waals surface area contributed by atoms with Crippen molar-refractivity contribution in [3.63, 3.8) is 0 Å². The second-order valence-electron chi connectivity index (χ2n) is 3.90. The van der Waals surface area contributed by atoms with Crippen molar-refractivity contribution >= 4 is 11.9 Å². The molecule has 0 aromatic heterocycles. The third kappa shape index (κ3) is 5.45. The molecule has 0 saturated heterocycles. The molecule has 1 aromatic rings. The topological polar surface area (TPSA) is 72.6 Å². The Hall–Kier alpha value is -1.88.